The summed E-state index contributed by atoms with van der Waals surface area (Å²) in [6.45, 7) is 0. The standard InChI is InChI=1S/C31H30N6O5S/c1-37(2)23-14-12-20(13-15-23)31(38)33-21-8-7-9-26(18-21)43(39,40)36-30-29(34-27-10-5-6-11-28(27)35-30)32-22-16-24(41-3)19-25(17-22)42-4/h5-19H,1-4H3,(H,32,34)(H,33,38)(H,35,36). The van der Waals surface area contributed by atoms with Crippen molar-refractivity contribution in [2.45, 2.75) is 4.90 Å². The van der Waals surface area contributed by atoms with Gasteiger partial charge < -0.3 is 25.0 Å². The second-order valence-electron chi connectivity index (χ2n) is 9.66. The Morgan fingerprint density at radius 2 is 1.37 bits per heavy atom. The van der Waals surface area contributed by atoms with Gasteiger partial charge in [-0.05, 0) is 54.6 Å². The summed E-state index contributed by atoms with van der Waals surface area (Å²) in [5.74, 6) is 0.850. The van der Waals surface area contributed by atoms with Crippen molar-refractivity contribution in [3.05, 3.63) is 96.6 Å². The van der Waals surface area contributed by atoms with Crippen LogP contribution in [-0.2, 0) is 10.0 Å². The number of amides is 1. The van der Waals surface area contributed by atoms with Crippen LogP contribution >= 0.6 is 0 Å². The van der Waals surface area contributed by atoms with Gasteiger partial charge in [0.1, 0.15) is 11.5 Å². The maximum absolute atomic E-state index is 13.6. The van der Waals surface area contributed by atoms with Crippen LogP contribution in [0, 0.1) is 0 Å². The van der Waals surface area contributed by atoms with Crippen molar-refractivity contribution >= 4 is 55.7 Å². The first-order valence-corrected chi connectivity index (χ1v) is 14.6. The molecule has 1 heterocycles. The Bertz CT molecular complexity index is 1870. The number of anilines is 5. The first kappa shape index (κ1) is 29.1. The minimum Gasteiger partial charge on any atom is -0.497 e. The molecule has 0 saturated carbocycles. The average Bonchev–Trinajstić information content (AvgIpc) is 3.01. The molecule has 0 fully saturated rings. The molecular weight excluding hydrogens is 568 g/mol. The maximum Gasteiger partial charge on any atom is 0.263 e. The van der Waals surface area contributed by atoms with Gasteiger partial charge in [-0.2, -0.15) is 0 Å². The Balaban J connectivity index is 1.44. The van der Waals surface area contributed by atoms with Gasteiger partial charge in [0, 0.05) is 54.9 Å². The zero-order valence-electron chi connectivity index (χ0n) is 24.0. The smallest absolute Gasteiger partial charge is 0.263 e. The minimum absolute atomic E-state index is 0.0177. The fraction of sp³-hybridized carbons (Fsp3) is 0.129. The SMILES string of the molecule is COc1cc(Nc2nc3ccccc3nc2NS(=O)(=O)c2cccc(NC(=O)c3ccc(N(C)C)cc3)c2)cc(OC)c1. The van der Waals surface area contributed by atoms with E-state index in [4.69, 9.17) is 9.47 Å². The summed E-state index contributed by atoms with van der Waals surface area (Å²) >= 11 is 0. The second-order valence-corrected chi connectivity index (χ2v) is 11.3. The quantitative estimate of drug-likeness (QED) is 0.190. The molecule has 0 atom stereocenters. The summed E-state index contributed by atoms with van der Waals surface area (Å²) in [6, 6.07) is 25.3. The molecule has 43 heavy (non-hydrogen) atoms. The van der Waals surface area contributed by atoms with Gasteiger partial charge >= 0.3 is 0 Å². The molecule has 0 spiro atoms. The van der Waals surface area contributed by atoms with Crippen LogP contribution in [0.3, 0.4) is 0 Å². The van der Waals surface area contributed by atoms with E-state index in [0.29, 0.717) is 39.5 Å². The number of carbonyl (C=O) groups is 1. The van der Waals surface area contributed by atoms with E-state index in [2.05, 4.69) is 25.3 Å². The first-order chi connectivity index (χ1) is 20.6. The normalized spacial score (nSPS) is 11.1. The van der Waals surface area contributed by atoms with Gasteiger partial charge in [-0.3, -0.25) is 9.52 Å². The van der Waals surface area contributed by atoms with Gasteiger partial charge in [-0.25, -0.2) is 18.4 Å². The van der Waals surface area contributed by atoms with Crippen molar-refractivity contribution < 1.29 is 22.7 Å². The number of sulfonamides is 1. The van der Waals surface area contributed by atoms with Crippen LogP contribution in [-0.4, -0.2) is 52.6 Å². The third kappa shape index (κ3) is 6.76. The van der Waals surface area contributed by atoms with Crippen molar-refractivity contribution in [3.63, 3.8) is 0 Å². The van der Waals surface area contributed by atoms with Crippen molar-refractivity contribution in [2.24, 2.45) is 0 Å². The number of nitrogens with zero attached hydrogens (tertiary/aromatic N) is 3. The van der Waals surface area contributed by atoms with Crippen LogP contribution in [0.5, 0.6) is 11.5 Å². The van der Waals surface area contributed by atoms with Gasteiger partial charge in [-0.1, -0.05) is 18.2 Å². The van der Waals surface area contributed by atoms with E-state index in [9.17, 15) is 13.2 Å². The molecule has 3 N–H and O–H groups in total. The van der Waals surface area contributed by atoms with Gasteiger partial charge in [0.15, 0.2) is 11.6 Å². The van der Waals surface area contributed by atoms with Crippen molar-refractivity contribution in [3.8, 4) is 11.5 Å². The molecule has 5 aromatic rings. The van der Waals surface area contributed by atoms with Gasteiger partial charge in [0.25, 0.3) is 15.9 Å². The van der Waals surface area contributed by atoms with Crippen molar-refractivity contribution in [1.82, 2.24) is 9.97 Å². The molecule has 4 aromatic carbocycles. The molecule has 0 bridgehead atoms. The number of aromatic nitrogens is 2. The molecule has 220 valence electrons. The molecule has 0 radical (unpaired) electrons. The van der Waals surface area contributed by atoms with E-state index in [1.807, 2.05) is 37.2 Å². The number of carbonyl (C=O) groups excluding carboxylic acids is 1. The highest BCUT2D eigenvalue weighted by Crippen LogP contribution is 2.31. The number of nitrogens with one attached hydrogen (secondary N) is 3. The minimum atomic E-state index is -4.16. The van der Waals surface area contributed by atoms with Crippen LogP contribution < -0.4 is 29.7 Å². The highest BCUT2D eigenvalue weighted by molar-refractivity contribution is 7.92. The number of hydrogen-bond donors (Lipinski definition) is 3. The van der Waals surface area contributed by atoms with E-state index in [0.717, 1.165) is 5.69 Å². The van der Waals surface area contributed by atoms with Crippen LogP contribution in [0.2, 0.25) is 0 Å². The zero-order valence-corrected chi connectivity index (χ0v) is 24.8. The summed E-state index contributed by atoms with van der Waals surface area (Å²) < 4.78 is 40.4. The average molecular weight is 599 g/mol. The zero-order chi connectivity index (χ0) is 30.6. The van der Waals surface area contributed by atoms with E-state index in [-0.39, 0.29) is 22.4 Å². The molecule has 1 amide bonds. The summed E-state index contributed by atoms with van der Waals surface area (Å²) in [7, 11) is 2.73. The lowest BCUT2D eigenvalue weighted by Gasteiger charge is -2.15. The highest BCUT2D eigenvalue weighted by atomic mass is 32.2. The van der Waals surface area contributed by atoms with E-state index in [1.54, 1.807) is 60.7 Å². The first-order valence-electron chi connectivity index (χ1n) is 13.1. The van der Waals surface area contributed by atoms with E-state index in [1.165, 1.54) is 26.4 Å². The molecule has 0 unspecified atom stereocenters. The van der Waals surface area contributed by atoms with Crippen LogP contribution in [0.4, 0.5) is 28.7 Å². The Kier molecular flexibility index (Phi) is 8.30. The molecule has 11 nitrogen and oxygen atoms in total. The Morgan fingerprint density at radius 1 is 0.744 bits per heavy atom. The van der Waals surface area contributed by atoms with Gasteiger partial charge in [0.2, 0.25) is 0 Å². The summed E-state index contributed by atoms with van der Waals surface area (Å²) in [4.78, 5) is 23.9. The van der Waals surface area contributed by atoms with Gasteiger partial charge in [-0.15, -0.1) is 0 Å². The number of benzene rings is 4. The topological polar surface area (TPSA) is 135 Å². The number of ether oxygens (including phenoxy) is 2. The summed E-state index contributed by atoms with van der Waals surface area (Å²) in [5, 5.41) is 5.90. The number of rotatable bonds is 10. The maximum atomic E-state index is 13.6. The molecular formula is C31H30N6O5S. The van der Waals surface area contributed by atoms with Crippen LogP contribution in [0.25, 0.3) is 11.0 Å². The van der Waals surface area contributed by atoms with Crippen molar-refractivity contribution in [2.75, 3.05) is 48.6 Å². The lowest BCUT2D eigenvalue weighted by atomic mass is 10.2. The second kappa shape index (κ2) is 12.2. The monoisotopic (exact) mass is 598 g/mol. The fourth-order valence-electron chi connectivity index (χ4n) is 4.22. The predicted molar refractivity (Wildman–Crippen MR) is 168 cm³/mol. The Labute approximate surface area is 249 Å². The highest BCUT2D eigenvalue weighted by Gasteiger charge is 2.20. The van der Waals surface area contributed by atoms with Crippen LogP contribution in [0.15, 0.2) is 95.9 Å². The molecule has 0 aliphatic heterocycles. The molecule has 1 aromatic heterocycles. The number of fused-ring (bicyclic) bond motifs is 1. The van der Waals surface area contributed by atoms with Gasteiger partial charge in [0.05, 0.1) is 30.1 Å². The molecule has 12 heteroatoms. The molecule has 0 aliphatic carbocycles. The lowest BCUT2D eigenvalue weighted by molar-refractivity contribution is 0.102. The summed E-state index contributed by atoms with van der Waals surface area (Å²) in [6.07, 6.45) is 0. The largest absolute Gasteiger partial charge is 0.497 e. The van der Waals surface area contributed by atoms with E-state index < -0.39 is 10.0 Å². The fourth-order valence-corrected chi connectivity index (χ4v) is 5.27. The Hall–Kier alpha value is -5.36. The number of hydrogen-bond acceptors (Lipinski definition) is 9. The third-order valence-electron chi connectivity index (χ3n) is 6.46. The van der Waals surface area contributed by atoms with E-state index >= 15 is 0 Å². The molecule has 0 aliphatic rings. The van der Waals surface area contributed by atoms with Crippen molar-refractivity contribution in [1.29, 1.82) is 0 Å². The predicted octanol–water partition coefficient (Wildman–Crippen LogP) is 5.51. The van der Waals surface area contributed by atoms with Crippen LogP contribution in [0.1, 0.15) is 10.4 Å². The number of methoxy groups -OCH3 is 2. The molecule has 0 saturated heterocycles. The number of para-hydroxylation sites is 2. The summed E-state index contributed by atoms with van der Waals surface area (Å²) in [5.41, 5.74) is 3.31. The lowest BCUT2D eigenvalue weighted by Crippen LogP contribution is -2.17. The molecule has 5 rings (SSSR count). The third-order valence-corrected chi connectivity index (χ3v) is 7.80. The Morgan fingerprint density at radius 3 is 1.98 bits per heavy atom.